The number of esters is 1. The number of carbonyl (C=O) groups is 2. The lowest BCUT2D eigenvalue weighted by molar-refractivity contribution is 0.0526. The summed E-state index contributed by atoms with van der Waals surface area (Å²) in [5.74, 6) is -1.46. The highest BCUT2D eigenvalue weighted by molar-refractivity contribution is 5.90. The second kappa shape index (κ2) is 5.97. The molecule has 5 heteroatoms. The van der Waals surface area contributed by atoms with Crippen molar-refractivity contribution in [2.75, 3.05) is 6.61 Å². The standard InChI is InChI=1S/C15H13NO4/c1-2-20-15(19)11-8-6-10(7-9-11)12-4-3-5-13(16-12)14(17)18/h3-9H,2H2,1H3,(H,17,18). The Morgan fingerprint density at radius 3 is 2.45 bits per heavy atom. The van der Waals surface area contributed by atoms with E-state index in [4.69, 9.17) is 9.84 Å². The van der Waals surface area contributed by atoms with Crippen LogP contribution in [-0.4, -0.2) is 28.6 Å². The number of carboxylic acid groups (broad SMARTS) is 1. The molecule has 1 aromatic carbocycles. The summed E-state index contributed by atoms with van der Waals surface area (Å²) in [5, 5.41) is 8.91. The minimum atomic E-state index is -1.07. The molecule has 0 saturated heterocycles. The average molecular weight is 271 g/mol. The highest BCUT2D eigenvalue weighted by Crippen LogP contribution is 2.18. The van der Waals surface area contributed by atoms with Crippen LogP contribution in [-0.2, 0) is 4.74 Å². The fraction of sp³-hybridized carbons (Fsp3) is 0.133. The molecule has 0 amide bonds. The van der Waals surface area contributed by atoms with Gasteiger partial charge >= 0.3 is 11.9 Å². The Morgan fingerprint density at radius 2 is 1.85 bits per heavy atom. The molecule has 0 atom stereocenters. The number of hydrogen-bond donors (Lipinski definition) is 1. The molecule has 2 aromatic rings. The van der Waals surface area contributed by atoms with Crippen LogP contribution >= 0.6 is 0 Å². The zero-order valence-electron chi connectivity index (χ0n) is 10.9. The van der Waals surface area contributed by atoms with E-state index in [2.05, 4.69) is 4.98 Å². The number of hydrogen-bond acceptors (Lipinski definition) is 4. The quantitative estimate of drug-likeness (QED) is 0.865. The summed E-state index contributed by atoms with van der Waals surface area (Å²) >= 11 is 0. The number of benzene rings is 1. The number of nitrogens with zero attached hydrogens (tertiary/aromatic N) is 1. The molecule has 0 spiro atoms. The Hall–Kier alpha value is -2.69. The summed E-state index contributed by atoms with van der Waals surface area (Å²) in [6.07, 6.45) is 0. The van der Waals surface area contributed by atoms with Crippen LogP contribution in [0.4, 0.5) is 0 Å². The van der Waals surface area contributed by atoms with Crippen LogP contribution < -0.4 is 0 Å². The van der Waals surface area contributed by atoms with E-state index in [1.54, 1.807) is 43.3 Å². The third-order valence-electron chi connectivity index (χ3n) is 2.66. The minimum absolute atomic E-state index is 0.0167. The highest BCUT2D eigenvalue weighted by atomic mass is 16.5. The van der Waals surface area contributed by atoms with Crippen molar-refractivity contribution >= 4 is 11.9 Å². The lowest BCUT2D eigenvalue weighted by Gasteiger charge is -2.04. The van der Waals surface area contributed by atoms with Crippen LogP contribution in [0.15, 0.2) is 42.5 Å². The van der Waals surface area contributed by atoms with E-state index in [1.165, 1.54) is 6.07 Å². The van der Waals surface area contributed by atoms with Gasteiger partial charge in [-0.1, -0.05) is 18.2 Å². The van der Waals surface area contributed by atoms with Crippen LogP contribution in [0.25, 0.3) is 11.3 Å². The van der Waals surface area contributed by atoms with Gasteiger partial charge in [0.25, 0.3) is 0 Å². The molecule has 0 fully saturated rings. The second-order valence-electron chi connectivity index (χ2n) is 4.01. The summed E-state index contributed by atoms with van der Waals surface area (Å²) in [7, 11) is 0. The summed E-state index contributed by atoms with van der Waals surface area (Å²) < 4.78 is 4.89. The van der Waals surface area contributed by atoms with Gasteiger partial charge in [0.2, 0.25) is 0 Å². The summed E-state index contributed by atoms with van der Waals surface area (Å²) in [5.41, 5.74) is 1.71. The monoisotopic (exact) mass is 271 g/mol. The zero-order valence-corrected chi connectivity index (χ0v) is 10.9. The van der Waals surface area contributed by atoms with Gasteiger partial charge in [-0.2, -0.15) is 0 Å². The van der Waals surface area contributed by atoms with E-state index in [0.717, 1.165) is 5.56 Å². The Labute approximate surface area is 115 Å². The number of pyridine rings is 1. The normalized spacial score (nSPS) is 10.1. The minimum Gasteiger partial charge on any atom is -0.477 e. The van der Waals surface area contributed by atoms with Gasteiger partial charge in [0.15, 0.2) is 0 Å². The van der Waals surface area contributed by atoms with Gasteiger partial charge in [0, 0.05) is 5.56 Å². The molecule has 0 aliphatic heterocycles. The molecule has 0 radical (unpaired) electrons. The zero-order chi connectivity index (χ0) is 14.5. The van der Waals surface area contributed by atoms with Crippen molar-refractivity contribution in [1.29, 1.82) is 0 Å². The van der Waals surface area contributed by atoms with E-state index in [1.807, 2.05) is 0 Å². The average Bonchev–Trinajstić information content (AvgIpc) is 2.48. The topological polar surface area (TPSA) is 76.5 Å². The predicted octanol–water partition coefficient (Wildman–Crippen LogP) is 2.62. The number of ether oxygens (including phenoxy) is 1. The first-order valence-corrected chi connectivity index (χ1v) is 6.09. The van der Waals surface area contributed by atoms with Gasteiger partial charge in [0.05, 0.1) is 17.9 Å². The third kappa shape index (κ3) is 3.00. The van der Waals surface area contributed by atoms with Gasteiger partial charge in [-0.25, -0.2) is 14.6 Å². The van der Waals surface area contributed by atoms with Crippen LogP contribution in [0.5, 0.6) is 0 Å². The molecule has 0 aliphatic carbocycles. The number of rotatable bonds is 4. The SMILES string of the molecule is CCOC(=O)c1ccc(-c2cccc(C(=O)O)n2)cc1. The molecule has 5 nitrogen and oxygen atoms in total. The lowest BCUT2D eigenvalue weighted by Crippen LogP contribution is -2.04. The maximum atomic E-state index is 11.5. The highest BCUT2D eigenvalue weighted by Gasteiger charge is 2.09. The smallest absolute Gasteiger partial charge is 0.354 e. The van der Waals surface area contributed by atoms with E-state index >= 15 is 0 Å². The molecule has 20 heavy (non-hydrogen) atoms. The maximum Gasteiger partial charge on any atom is 0.354 e. The van der Waals surface area contributed by atoms with Crippen molar-refractivity contribution < 1.29 is 19.4 Å². The van der Waals surface area contributed by atoms with E-state index < -0.39 is 5.97 Å². The number of aromatic nitrogens is 1. The molecule has 1 N–H and O–H groups in total. The Balaban J connectivity index is 2.28. The predicted molar refractivity (Wildman–Crippen MR) is 72.6 cm³/mol. The van der Waals surface area contributed by atoms with Crippen molar-refractivity contribution in [2.24, 2.45) is 0 Å². The van der Waals surface area contributed by atoms with Gasteiger partial charge in [-0.15, -0.1) is 0 Å². The van der Waals surface area contributed by atoms with E-state index in [0.29, 0.717) is 17.9 Å². The van der Waals surface area contributed by atoms with Crippen molar-refractivity contribution in [3.63, 3.8) is 0 Å². The molecule has 0 saturated carbocycles. The van der Waals surface area contributed by atoms with E-state index in [-0.39, 0.29) is 11.7 Å². The molecule has 2 rings (SSSR count). The lowest BCUT2D eigenvalue weighted by atomic mass is 10.1. The number of aromatic carboxylic acids is 1. The van der Waals surface area contributed by atoms with Gasteiger partial charge in [-0.05, 0) is 31.2 Å². The van der Waals surface area contributed by atoms with Crippen molar-refractivity contribution in [1.82, 2.24) is 4.98 Å². The summed E-state index contributed by atoms with van der Waals surface area (Å²) in [6, 6.07) is 11.4. The Kier molecular flexibility index (Phi) is 4.10. The molecule has 0 bridgehead atoms. The second-order valence-corrected chi connectivity index (χ2v) is 4.01. The third-order valence-corrected chi connectivity index (χ3v) is 2.66. The molecular formula is C15H13NO4. The summed E-state index contributed by atoms with van der Waals surface area (Å²) in [4.78, 5) is 26.4. The Morgan fingerprint density at radius 1 is 1.15 bits per heavy atom. The van der Waals surface area contributed by atoms with Crippen molar-refractivity contribution in [2.45, 2.75) is 6.92 Å². The molecular weight excluding hydrogens is 258 g/mol. The molecule has 1 aromatic heterocycles. The number of carbonyl (C=O) groups excluding carboxylic acids is 1. The van der Waals surface area contributed by atoms with Crippen molar-refractivity contribution in [3.05, 3.63) is 53.7 Å². The van der Waals surface area contributed by atoms with Gasteiger partial charge in [-0.3, -0.25) is 0 Å². The fourth-order valence-electron chi connectivity index (χ4n) is 1.71. The first-order chi connectivity index (χ1) is 9.61. The fourth-order valence-corrected chi connectivity index (χ4v) is 1.71. The van der Waals surface area contributed by atoms with Crippen LogP contribution in [0, 0.1) is 0 Å². The van der Waals surface area contributed by atoms with Gasteiger partial charge < -0.3 is 9.84 Å². The van der Waals surface area contributed by atoms with Crippen molar-refractivity contribution in [3.8, 4) is 11.3 Å². The Bertz CT molecular complexity index is 635. The van der Waals surface area contributed by atoms with Crippen LogP contribution in [0.1, 0.15) is 27.8 Å². The first kappa shape index (κ1) is 13.7. The van der Waals surface area contributed by atoms with E-state index in [9.17, 15) is 9.59 Å². The summed E-state index contributed by atoms with van der Waals surface area (Å²) in [6.45, 7) is 2.07. The van der Waals surface area contributed by atoms with Crippen LogP contribution in [0.2, 0.25) is 0 Å². The molecule has 1 heterocycles. The van der Waals surface area contributed by atoms with Crippen LogP contribution in [0.3, 0.4) is 0 Å². The molecule has 0 aliphatic rings. The first-order valence-electron chi connectivity index (χ1n) is 6.09. The number of carboxylic acids is 1. The maximum absolute atomic E-state index is 11.5. The van der Waals surface area contributed by atoms with Gasteiger partial charge in [0.1, 0.15) is 5.69 Å². The molecule has 0 unspecified atom stereocenters. The largest absolute Gasteiger partial charge is 0.477 e. The molecule has 102 valence electrons.